The molecule has 0 unspecified atom stereocenters. The number of hydrogen-bond acceptors (Lipinski definition) is 5. The smallest absolute Gasteiger partial charge is 0.337 e. The Morgan fingerprint density at radius 1 is 1.65 bits per heavy atom. The van der Waals surface area contributed by atoms with Gasteiger partial charge in [-0.15, -0.1) is 11.3 Å². The van der Waals surface area contributed by atoms with Crippen molar-refractivity contribution in [3.8, 4) is 0 Å². The Morgan fingerprint density at radius 2 is 2.41 bits per heavy atom. The lowest BCUT2D eigenvalue weighted by Crippen LogP contribution is -2.14. The number of methoxy groups -OCH3 is 1. The number of fused-ring (bicyclic) bond motifs is 1. The Hall–Kier alpha value is -1.73. The fraction of sp³-hybridized carbons (Fsp3) is 0.300. The molecule has 0 bridgehead atoms. The molecule has 0 saturated carbocycles. The minimum atomic E-state index is -1.12. The van der Waals surface area contributed by atoms with Crippen LogP contribution in [0.1, 0.15) is 16.2 Å². The van der Waals surface area contributed by atoms with Crippen LogP contribution in [0.5, 0.6) is 0 Å². The monoisotopic (exact) mass is 254 g/mol. The second-order valence-electron chi connectivity index (χ2n) is 3.39. The summed E-state index contributed by atoms with van der Waals surface area (Å²) in [4.78, 5) is 29.8. The van der Waals surface area contributed by atoms with Crippen molar-refractivity contribution >= 4 is 27.5 Å². The van der Waals surface area contributed by atoms with Crippen molar-refractivity contribution < 1.29 is 14.6 Å². The summed E-state index contributed by atoms with van der Waals surface area (Å²) in [6.45, 7) is 0.450. The first-order valence-corrected chi connectivity index (χ1v) is 5.74. The first kappa shape index (κ1) is 11.7. The largest absolute Gasteiger partial charge is 0.478 e. The summed E-state index contributed by atoms with van der Waals surface area (Å²) in [7, 11) is 1.56. The molecule has 0 radical (unpaired) electrons. The molecule has 2 heterocycles. The molecule has 0 aliphatic rings. The topological polar surface area (TPSA) is 92.3 Å². The van der Waals surface area contributed by atoms with Crippen LogP contribution in [0.15, 0.2) is 10.2 Å². The average Bonchev–Trinajstić information content (AvgIpc) is 2.70. The molecule has 2 aromatic rings. The number of carboxylic acids is 1. The molecule has 90 valence electrons. The Kier molecular flexibility index (Phi) is 3.21. The number of aromatic carboxylic acids is 1. The van der Waals surface area contributed by atoms with Gasteiger partial charge in [-0.05, 0) is 0 Å². The summed E-state index contributed by atoms with van der Waals surface area (Å²) < 4.78 is 4.89. The fourth-order valence-corrected chi connectivity index (χ4v) is 2.40. The molecule has 0 fully saturated rings. The van der Waals surface area contributed by atoms with E-state index in [0.29, 0.717) is 23.7 Å². The number of rotatable bonds is 4. The van der Waals surface area contributed by atoms with Gasteiger partial charge in [0.1, 0.15) is 10.7 Å². The van der Waals surface area contributed by atoms with Gasteiger partial charge in [0.2, 0.25) is 0 Å². The van der Waals surface area contributed by atoms with Crippen LogP contribution in [0.2, 0.25) is 0 Å². The van der Waals surface area contributed by atoms with Gasteiger partial charge < -0.3 is 14.8 Å². The first-order valence-electron chi connectivity index (χ1n) is 4.86. The lowest BCUT2D eigenvalue weighted by Gasteiger charge is -1.99. The van der Waals surface area contributed by atoms with Crippen LogP contribution in [-0.2, 0) is 11.2 Å². The van der Waals surface area contributed by atoms with E-state index in [2.05, 4.69) is 9.97 Å². The molecule has 0 spiro atoms. The number of carboxylic acid groups (broad SMARTS) is 1. The Labute approximate surface area is 99.9 Å². The van der Waals surface area contributed by atoms with E-state index in [9.17, 15) is 9.59 Å². The third kappa shape index (κ3) is 2.20. The normalized spacial score (nSPS) is 10.9. The molecule has 0 aliphatic carbocycles. The number of aromatic amines is 1. The predicted molar refractivity (Wildman–Crippen MR) is 62.8 cm³/mol. The highest BCUT2D eigenvalue weighted by molar-refractivity contribution is 7.17. The molecular formula is C10H10N2O4S. The summed E-state index contributed by atoms with van der Waals surface area (Å²) in [6.07, 6.45) is 0.488. The van der Waals surface area contributed by atoms with Crippen LogP contribution < -0.4 is 5.56 Å². The summed E-state index contributed by atoms with van der Waals surface area (Å²) in [5.74, 6) is -0.615. The van der Waals surface area contributed by atoms with Crippen molar-refractivity contribution in [2.24, 2.45) is 0 Å². The van der Waals surface area contributed by atoms with Gasteiger partial charge in [-0.25, -0.2) is 9.78 Å². The number of H-pyrrole nitrogens is 1. The summed E-state index contributed by atoms with van der Waals surface area (Å²) in [5, 5.41) is 10.5. The number of carbonyl (C=O) groups is 1. The molecule has 0 aliphatic heterocycles. The van der Waals surface area contributed by atoms with Gasteiger partial charge in [-0.3, -0.25) is 4.79 Å². The van der Waals surface area contributed by atoms with Gasteiger partial charge in [0, 0.05) is 18.9 Å². The van der Waals surface area contributed by atoms with Crippen LogP contribution in [-0.4, -0.2) is 34.8 Å². The Morgan fingerprint density at radius 3 is 3.06 bits per heavy atom. The standard InChI is InChI=1S/C10H10N2O4S/c1-16-3-2-6-11-8(13)7-5(10(14)15)4-17-9(7)12-6/h4H,2-3H2,1H3,(H,14,15)(H,11,12,13). The molecule has 7 heteroatoms. The van der Waals surface area contributed by atoms with Gasteiger partial charge in [0.05, 0.1) is 17.6 Å². The summed E-state index contributed by atoms with van der Waals surface area (Å²) in [6, 6.07) is 0. The second kappa shape index (κ2) is 4.64. The van der Waals surface area contributed by atoms with Crippen LogP contribution in [0.3, 0.4) is 0 Å². The van der Waals surface area contributed by atoms with Crippen molar-refractivity contribution in [2.45, 2.75) is 6.42 Å². The maximum Gasteiger partial charge on any atom is 0.337 e. The zero-order valence-corrected chi connectivity index (χ0v) is 9.84. The van der Waals surface area contributed by atoms with Crippen LogP contribution in [0.25, 0.3) is 10.2 Å². The second-order valence-corrected chi connectivity index (χ2v) is 4.25. The zero-order valence-electron chi connectivity index (χ0n) is 9.02. The summed E-state index contributed by atoms with van der Waals surface area (Å²) in [5.41, 5.74) is -0.420. The molecule has 0 saturated heterocycles. The quantitative estimate of drug-likeness (QED) is 0.844. The van der Waals surface area contributed by atoms with E-state index >= 15 is 0 Å². The van der Waals surface area contributed by atoms with Crippen LogP contribution >= 0.6 is 11.3 Å². The Bertz CT molecular complexity index is 616. The molecule has 2 aromatic heterocycles. The van der Waals surface area contributed by atoms with Crippen molar-refractivity contribution in [1.82, 2.24) is 9.97 Å². The SMILES string of the molecule is COCCc1nc2scc(C(=O)O)c2c(=O)[nH]1. The van der Waals surface area contributed by atoms with Crippen molar-refractivity contribution in [3.05, 3.63) is 27.1 Å². The first-order chi connectivity index (χ1) is 8.13. The molecule has 0 atom stereocenters. The maximum atomic E-state index is 11.8. The highest BCUT2D eigenvalue weighted by atomic mass is 32.1. The minimum absolute atomic E-state index is 0.00274. The zero-order chi connectivity index (χ0) is 12.4. The fourth-order valence-electron chi connectivity index (χ4n) is 1.47. The summed E-state index contributed by atoms with van der Waals surface area (Å²) >= 11 is 1.15. The van der Waals surface area contributed by atoms with Crippen molar-refractivity contribution in [1.29, 1.82) is 0 Å². The Balaban J connectivity index is 2.54. The van der Waals surface area contributed by atoms with Crippen molar-refractivity contribution in [2.75, 3.05) is 13.7 Å². The van der Waals surface area contributed by atoms with E-state index in [-0.39, 0.29) is 10.9 Å². The van der Waals surface area contributed by atoms with Crippen LogP contribution in [0, 0.1) is 0 Å². The number of aromatic nitrogens is 2. The molecule has 6 nitrogen and oxygen atoms in total. The van der Waals surface area contributed by atoms with Crippen molar-refractivity contribution in [3.63, 3.8) is 0 Å². The van der Waals surface area contributed by atoms with Gasteiger partial charge in [-0.1, -0.05) is 0 Å². The number of ether oxygens (including phenoxy) is 1. The number of nitrogens with one attached hydrogen (secondary N) is 1. The van der Waals surface area contributed by atoms with Gasteiger partial charge in [0.15, 0.2) is 0 Å². The third-order valence-corrected chi connectivity index (χ3v) is 3.14. The van der Waals surface area contributed by atoms with E-state index in [0.717, 1.165) is 11.3 Å². The lowest BCUT2D eigenvalue weighted by molar-refractivity contribution is 0.0699. The van der Waals surface area contributed by atoms with E-state index in [1.54, 1.807) is 7.11 Å². The minimum Gasteiger partial charge on any atom is -0.478 e. The molecule has 0 amide bonds. The highest BCUT2D eigenvalue weighted by Crippen LogP contribution is 2.20. The molecule has 0 aromatic carbocycles. The molecule has 2 N–H and O–H groups in total. The molecule has 17 heavy (non-hydrogen) atoms. The predicted octanol–water partition coefficient (Wildman–Crippen LogP) is 0.872. The average molecular weight is 254 g/mol. The van der Waals surface area contributed by atoms with E-state index in [4.69, 9.17) is 9.84 Å². The van der Waals surface area contributed by atoms with Gasteiger partial charge in [0.25, 0.3) is 5.56 Å². The lowest BCUT2D eigenvalue weighted by atomic mass is 10.2. The number of thiophene rings is 1. The maximum absolute atomic E-state index is 11.8. The van der Waals surface area contributed by atoms with Gasteiger partial charge >= 0.3 is 5.97 Å². The third-order valence-electron chi connectivity index (χ3n) is 2.27. The van der Waals surface area contributed by atoms with Gasteiger partial charge in [-0.2, -0.15) is 0 Å². The number of nitrogens with zero attached hydrogens (tertiary/aromatic N) is 1. The van der Waals surface area contributed by atoms with E-state index in [1.807, 2.05) is 0 Å². The van der Waals surface area contributed by atoms with E-state index in [1.165, 1.54) is 5.38 Å². The van der Waals surface area contributed by atoms with Crippen LogP contribution in [0.4, 0.5) is 0 Å². The highest BCUT2D eigenvalue weighted by Gasteiger charge is 2.15. The van der Waals surface area contributed by atoms with E-state index < -0.39 is 11.5 Å². The molecule has 2 rings (SSSR count). The molecular weight excluding hydrogens is 244 g/mol. The number of hydrogen-bond donors (Lipinski definition) is 2.